The molecule has 0 aliphatic carbocycles. The third-order valence-corrected chi connectivity index (χ3v) is 4.78. The summed E-state index contributed by atoms with van der Waals surface area (Å²) in [6.07, 6.45) is -0.826. The normalized spacial score (nSPS) is 24.5. The Morgan fingerprint density at radius 2 is 1.96 bits per heavy atom. The Hall–Kier alpha value is -2.03. The first-order chi connectivity index (χ1) is 12.6. The van der Waals surface area contributed by atoms with Crippen molar-refractivity contribution in [1.29, 1.82) is 0 Å². The standard InChI is InChI=1S/C18H24FN3O4/c1-21-15(23)12-26-17(16(21)13-2-4-14(19)5-3-13)18(24)20-6-7-22-8-10-25-11-9-22/h2-5,16-17H,6-12H2,1H3,(H,20,24)/t16-,17+/m0/s1. The summed E-state index contributed by atoms with van der Waals surface area (Å²) in [5.41, 5.74) is 0.662. The Morgan fingerprint density at radius 3 is 2.65 bits per heavy atom. The molecule has 0 spiro atoms. The summed E-state index contributed by atoms with van der Waals surface area (Å²) >= 11 is 0. The lowest BCUT2D eigenvalue weighted by Crippen LogP contribution is -2.53. The van der Waals surface area contributed by atoms with E-state index in [4.69, 9.17) is 9.47 Å². The van der Waals surface area contributed by atoms with Crippen molar-refractivity contribution in [1.82, 2.24) is 15.1 Å². The average Bonchev–Trinajstić information content (AvgIpc) is 2.65. The number of carbonyl (C=O) groups is 2. The highest BCUT2D eigenvalue weighted by atomic mass is 19.1. The smallest absolute Gasteiger partial charge is 0.251 e. The van der Waals surface area contributed by atoms with Crippen molar-refractivity contribution in [3.63, 3.8) is 0 Å². The maximum Gasteiger partial charge on any atom is 0.251 e. The molecule has 2 fully saturated rings. The van der Waals surface area contributed by atoms with Gasteiger partial charge in [0.05, 0.1) is 19.3 Å². The molecule has 0 unspecified atom stereocenters. The molecule has 1 N–H and O–H groups in total. The molecule has 8 heteroatoms. The number of nitrogens with one attached hydrogen (secondary N) is 1. The fourth-order valence-electron chi connectivity index (χ4n) is 3.25. The number of rotatable bonds is 5. The fourth-order valence-corrected chi connectivity index (χ4v) is 3.25. The van der Waals surface area contributed by atoms with Crippen LogP contribution in [0.25, 0.3) is 0 Å². The minimum absolute atomic E-state index is 0.143. The van der Waals surface area contributed by atoms with Crippen LogP contribution in [0.4, 0.5) is 4.39 Å². The van der Waals surface area contributed by atoms with E-state index in [-0.39, 0.29) is 24.2 Å². The first-order valence-corrected chi connectivity index (χ1v) is 8.77. The molecule has 1 aromatic carbocycles. The van der Waals surface area contributed by atoms with E-state index in [1.165, 1.54) is 17.0 Å². The number of amides is 2. The molecular weight excluding hydrogens is 341 g/mol. The number of nitrogens with zero attached hydrogens (tertiary/aromatic N) is 2. The fraction of sp³-hybridized carbons (Fsp3) is 0.556. The van der Waals surface area contributed by atoms with Gasteiger partial charge in [0.15, 0.2) is 6.10 Å². The molecule has 0 bridgehead atoms. The maximum absolute atomic E-state index is 13.2. The van der Waals surface area contributed by atoms with Crippen LogP contribution in [0.15, 0.2) is 24.3 Å². The molecule has 2 aliphatic rings. The van der Waals surface area contributed by atoms with Crippen LogP contribution in [0.5, 0.6) is 0 Å². The van der Waals surface area contributed by atoms with Gasteiger partial charge in [0.25, 0.3) is 5.91 Å². The summed E-state index contributed by atoms with van der Waals surface area (Å²) in [5, 5.41) is 2.89. The molecule has 0 radical (unpaired) electrons. The van der Waals surface area contributed by atoms with Gasteiger partial charge in [0, 0.05) is 33.2 Å². The molecule has 2 aliphatic heterocycles. The largest absolute Gasteiger partial charge is 0.379 e. The number of hydrogen-bond acceptors (Lipinski definition) is 5. The topological polar surface area (TPSA) is 71.1 Å². The second-order valence-electron chi connectivity index (χ2n) is 6.48. The van der Waals surface area contributed by atoms with E-state index in [1.807, 2.05) is 0 Å². The highest BCUT2D eigenvalue weighted by Gasteiger charge is 2.39. The van der Waals surface area contributed by atoms with Gasteiger partial charge in [-0.05, 0) is 17.7 Å². The van der Waals surface area contributed by atoms with E-state index < -0.39 is 12.1 Å². The predicted octanol–water partition coefficient (Wildman–Crippen LogP) is 0.172. The molecule has 2 saturated heterocycles. The molecular formula is C18H24FN3O4. The molecule has 1 aromatic rings. The Kier molecular flexibility index (Phi) is 6.18. The zero-order valence-electron chi connectivity index (χ0n) is 14.8. The van der Waals surface area contributed by atoms with Gasteiger partial charge < -0.3 is 19.7 Å². The number of likely N-dealkylation sites (N-methyl/N-ethyl adjacent to an activating group) is 1. The lowest BCUT2D eigenvalue weighted by Gasteiger charge is -2.38. The van der Waals surface area contributed by atoms with Crippen LogP contribution in [0, 0.1) is 5.82 Å². The summed E-state index contributed by atoms with van der Waals surface area (Å²) in [6.45, 7) is 4.20. The summed E-state index contributed by atoms with van der Waals surface area (Å²) < 4.78 is 24.1. The molecule has 2 atom stereocenters. The molecule has 7 nitrogen and oxygen atoms in total. The second kappa shape index (κ2) is 8.57. The highest BCUT2D eigenvalue weighted by molar-refractivity contribution is 5.86. The van der Waals surface area contributed by atoms with Gasteiger partial charge in [-0.25, -0.2) is 4.39 Å². The van der Waals surface area contributed by atoms with Crippen LogP contribution >= 0.6 is 0 Å². The quantitative estimate of drug-likeness (QED) is 0.806. The number of morpholine rings is 2. The third kappa shape index (κ3) is 4.38. The van der Waals surface area contributed by atoms with Crippen LogP contribution in [0.2, 0.25) is 0 Å². The first-order valence-electron chi connectivity index (χ1n) is 8.77. The number of ether oxygens (including phenoxy) is 2. The van der Waals surface area contributed by atoms with Crippen LogP contribution in [-0.2, 0) is 19.1 Å². The van der Waals surface area contributed by atoms with Crippen molar-refractivity contribution >= 4 is 11.8 Å². The van der Waals surface area contributed by atoms with Crippen molar-refractivity contribution in [2.75, 3.05) is 53.0 Å². The number of halogens is 1. The van der Waals surface area contributed by atoms with E-state index in [0.717, 1.165) is 19.6 Å². The van der Waals surface area contributed by atoms with Crippen LogP contribution in [0.3, 0.4) is 0 Å². The lowest BCUT2D eigenvalue weighted by atomic mass is 9.97. The van der Waals surface area contributed by atoms with Crippen molar-refractivity contribution in [2.24, 2.45) is 0 Å². The van der Waals surface area contributed by atoms with Gasteiger partial charge in [-0.1, -0.05) is 12.1 Å². The molecule has 142 valence electrons. The molecule has 3 rings (SSSR count). The van der Waals surface area contributed by atoms with Crippen molar-refractivity contribution in [3.8, 4) is 0 Å². The van der Waals surface area contributed by atoms with E-state index in [2.05, 4.69) is 10.2 Å². The summed E-state index contributed by atoms with van der Waals surface area (Å²) in [5.74, 6) is -0.852. The summed E-state index contributed by atoms with van der Waals surface area (Å²) in [6, 6.07) is 5.20. The van der Waals surface area contributed by atoms with Crippen LogP contribution in [0.1, 0.15) is 11.6 Å². The maximum atomic E-state index is 13.2. The third-order valence-electron chi connectivity index (χ3n) is 4.78. The monoisotopic (exact) mass is 365 g/mol. The number of carbonyl (C=O) groups excluding carboxylic acids is 2. The van der Waals surface area contributed by atoms with E-state index >= 15 is 0 Å². The van der Waals surface area contributed by atoms with Gasteiger partial charge in [-0.3, -0.25) is 14.5 Å². The molecule has 0 aromatic heterocycles. The van der Waals surface area contributed by atoms with E-state index in [9.17, 15) is 14.0 Å². The second-order valence-corrected chi connectivity index (χ2v) is 6.48. The Labute approximate surface area is 152 Å². The minimum Gasteiger partial charge on any atom is -0.379 e. The van der Waals surface area contributed by atoms with Gasteiger partial charge in [0.1, 0.15) is 12.4 Å². The number of hydrogen-bond donors (Lipinski definition) is 1. The average molecular weight is 365 g/mol. The summed E-state index contributed by atoms with van der Waals surface area (Å²) in [4.78, 5) is 28.4. The molecule has 2 heterocycles. The molecule has 2 amide bonds. The molecule has 26 heavy (non-hydrogen) atoms. The zero-order valence-corrected chi connectivity index (χ0v) is 14.8. The van der Waals surface area contributed by atoms with Crippen LogP contribution in [-0.4, -0.2) is 80.8 Å². The summed E-state index contributed by atoms with van der Waals surface area (Å²) in [7, 11) is 1.63. The van der Waals surface area contributed by atoms with Gasteiger partial charge in [-0.15, -0.1) is 0 Å². The van der Waals surface area contributed by atoms with E-state index in [0.29, 0.717) is 25.3 Å². The van der Waals surface area contributed by atoms with Crippen molar-refractivity contribution in [3.05, 3.63) is 35.6 Å². The Balaban J connectivity index is 1.63. The van der Waals surface area contributed by atoms with Gasteiger partial charge >= 0.3 is 0 Å². The van der Waals surface area contributed by atoms with Gasteiger partial charge in [-0.2, -0.15) is 0 Å². The van der Waals surface area contributed by atoms with Gasteiger partial charge in [0.2, 0.25) is 5.91 Å². The first kappa shape index (κ1) is 18.8. The lowest BCUT2D eigenvalue weighted by molar-refractivity contribution is -0.162. The van der Waals surface area contributed by atoms with Crippen molar-refractivity contribution in [2.45, 2.75) is 12.1 Å². The van der Waals surface area contributed by atoms with E-state index in [1.54, 1.807) is 19.2 Å². The Bertz CT molecular complexity index is 634. The van der Waals surface area contributed by atoms with Crippen molar-refractivity contribution < 1.29 is 23.5 Å². The predicted molar refractivity (Wildman–Crippen MR) is 91.9 cm³/mol. The Morgan fingerprint density at radius 1 is 1.27 bits per heavy atom. The highest BCUT2D eigenvalue weighted by Crippen LogP contribution is 2.29. The minimum atomic E-state index is -0.826. The zero-order chi connectivity index (χ0) is 18.5. The number of benzene rings is 1. The SMILES string of the molecule is CN1C(=O)CO[C@@H](C(=O)NCCN2CCOCC2)[C@@H]1c1ccc(F)cc1. The van der Waals surface area contributed by atoms with Crippen LogP contribution < -0.4 is 5.32 Å². The molecule has 0 saturated carbocycles.